The lowest BCUT2D eigenvalue weighted by molar-refractivity contribution is -0.0245. The van der Waals surface area contributed by atoms with Crippen molar-refractivity contribution in [2.24, 2.45) is 0 Å². The van der Waals surface area contributed by atoms with Crippen molar-refractivity contribution in [1.29, 1.82) is 0 Å². The fourth-order valence-electron chi connectivity index (χ4n) is 1.20. The van der Waals surface area contributed by atoms with Crippen molar-refractivity contribution in [2.75, 3.05) is 12.4 Å². The molecule has 1 aliphatic rings. The van der Waals surface area contributed by atoms with Crippen LogP contribution in [0.5, 0.6) is 0 Å². The standard InChI is InChI=1S/C10H11NO2/c1-11-9-4-2-8(3-5-9)10-12-6-7-13-10/h2-7,10-11H,1H3. The molecule has 0 fully saturated rings. The number of anilines is 1. The first-order chi connectivity index (χ1) is 6.40. The summed E-state index contributed by atoms with van der Waals surface area (Å²) in [5.74, 6) is 0. The maximum Gasteiger partial charge on any atom is 0.266 e. The molecule has 0 spiro atoms. The van der Waals surface area contributed by atoms with Gasteiger partial charge >= 0.3 is 0 Å². The minimum atomic E-state index is -0.272. The van der Waals surface area contributed by atoms with E-state index in [1.807, 2.05) is 31.3 Å². The Balaban J connectivity index is 2.13. The molecule has 0 bridgehead atoms. The van der Waals surface area contributed by atoms with E-state index in [9.17, 15) is 0 Å². The molecule has 1 heterocycles. The van der Waals surface area contributed by atoms with Gasteiger partial charge in [-0.15, -0.1) is 0 Å². The number of benzene rings is 1. The molecule has 0 aromatic heterocycles. The molecule has 0 atom stereocenters. The zero-order chi connectivity index (χ0) is 9.10. The van der Waals surface area contributed by atoms with Crippen LogP contribution < -0.4 is 5.32 Å². The summed E-state index contributed by atoms with van der Waals surface area (Å²) in [4.78, 5) is 0. The summed E-state index contributed by atoms with van der Waals surface area (Å²) in [6, 6.07) is 7.92. The van der Waals surface area contributed by atoms with Crippen LogP contribution in [0.15, 0.2) is 36.8 Å². The molecule has 0 radical (unpaired) electrons. The van der Waals surface area contributed by atoms with Crippen molar-refractivity contribution >= 4 is 5.69 Å². The quantitative estimate of drug-likeness (QED) is 0.751. The molecule has 0 saturated carbocycles. The van der Waals surface area contributed by atoms with Gasteiger partial charge in [0.1, 0.15) is 12.5 Å². The Hall–Kier alpha value is -1.64. The minimum absolute atomic E-state index is 0.272. The molecule has 1 aromatic carbocycles. The first-order valence-electron chi connectivity index (χ1n) is 4.14. The van der Waals surface area contributed by atoms with E-state index in [0.717, 1.165) is 11.3 Å². The lowest BCUT2D eigenvalue weighted by atomic mass is 10.2. The average Bonchev–Trinajstić information content (AvgIpc) is 2.71. The van der Waals surface area contributed by atoms with Crippen LogP contribution in [0.25, 0.3) is 0 Å². The van der Waals surface area contributed by atoms with Crippen molar-refractivity contribution < 1.29 is 9.47 Å². The maximum absolute atomic E-state index is 5.19. The van der Waals surface area contributed by atoms with E-state index in [1.54, 1.807) is 12.5 Å². The molecule has 68 valence electrons. The third kappa shape index (κ3) is 1.59. The van der Waals surface area contributed by atoms with Gasteiger partial charge in [-0.05, 0) is 24.3 Å². The molecule has 2 rings (SSSR count). The van der Waals surface area contributed by atoms with Gasteiger partial charge in [0, 0.05) is 18.3 Å². The maximum atomic E-state index is 5.19. The average molecular weight is 177 g/mol. The van der Waals surface area contributed by atoms with Gasteiger partial charge in [0.25, 0.3) is 6.29 Å². The highest BCUT2D eigenvalue weighted by atomic mass is 16.7. The van der Waals surface area contributed by atoms with Crippen molar-refractivity contribution in [1.82, 2.24) is 0 Å². The van der Waals surface area contributed by atoms with Crippen LogP contribution in [0, 0.1) is 0 Å². The number of ether oxygens (including phenoxy) is 2. The largest absolute Gasteiger partial charge is 0.455 e. The predicted octanol–water partition coefficient (Wildman–Crippen LogP) is 2.24. The van der Waals surface area contributed by atoms with Gasteiger partial charge in [-0.2, -0.15) is 0 Å². The molecular weight excluding hydrogens is 166 g/mol. The zero-order valence-corrected chi connectivity index (χ0v) is 7.36. The highest BCUT2D eigenvalue weighted by Gasteiger charge is 2.14. The van der Waals surface area contributed by atoms with Crippen LogP contribution >= 0.6 is 0 Å². The summed E-state index contributed by atoms with van der Waals surface area (Å²) in [7, 11) is 1.89. The van der Waals surface area contributed by atoms with Gasteiger partial charge in [-0.1, -0.05) is 0 Å². The fourth-order valence-corrected chi connectivity index (χ4v) is 1.20. The van der Waals surface area contributed by atoms with Crippen molar-refractivity contribution in [3.63, 3.8) is 0 Å². The minimum Gasteiger partial charge on any atom is -0.455 e. The Morgan fingerprint density at radius 1 is 1.08 bits per heavy atom. The second-order valence-corrected chi connectivity index (χ2v) is 2.75. The number of rotatable bonds is 2. The third-order valence-corrected chi connectivity index (χ3v) is 1.93. The molecule has 0 saturated heterocycles. The Bertz CT molecular complexity index is 297. The van der Waals surface area contributed by atoms with Gasteiger partial charge in [-0.3, -0.25) is 0 Å². The van der Waals surface area contributed by atoms with Crippen LogP contribution in [-0.4, -0.2) is 7.05 Å². The van der Waals surface area contributed by atoms with Crippen LogP contribution in [-0.2, 0) is 9.47 Å². The molecule has 1 aliphatic heterocycles. The van der Waals surface area contributed by atoms with E-state index in [4.69, 9.17) is 9.47 Å². The smallest absolute Gasteiger partial charge is 0.266 e. The monoisotopic (exact) mass is 177 g/mol. The van der Waals surface area contributed by atoms with Crippen LogP contribution in [0.2, 0.25) is 0 Å². The SMILES string of the molecule is CNc1ccc(C2OC=CO2)cc1. The van der Waals surface area contributed by atoms with Crippen LogP contribution in [0.4, 0.5) is 5.69 Å². The Labute approximate surface area is 77.0 Å². The summed E-state index contributed by atoms with van der Waals surface area (Å²) in [5.41, 5.74) is 2.10. The predicted molar refractivity (Wildman–Crippen MR) is 50.0 cm³/mol. The first-order valence-corrected chi connectivity index (χ1v) is 4.14. The van der Waals surface area contributed by atoms with E-state index < -0.39 is 0 Å². The summed E-state index contributed by atoms with van der Waals surface area (Å²) in [6.07, 6.45) is 2.83. The van der Waals surface area contributed by atoms with E-state index in [0.29, 0.717) is 0 Å². The fraction of sp³-hybridized carbons (Fsp3) is 0.200. The van der Waals surface area contributed by atoms with Gasteiger partial charge < -0.3 is 14.8 Å². The van der Waals surface area contributed by atoms with E-state index in [2.05, 4.69) is 5.32 Å². The second-order valence-electron chi connectivity index (χ2n) is 2.75. The molecular formula is C10H11NO2. The molecule has 3 heteroatoms. The molecule has 1 aromatic rings. The third-order valence-electron chi connectivity index (χ3n) is 1.93. The summed E-state index contributed by atoms with van der Waals surface area (Å²) < 4.78 is 10.4. The van der Waals surface area contributed by atoms with Crippen LogP contribution in [0.3, 0.4) is 0 Å². The summed E-state index contributed by atoms with van der Waals surface area (Å²) in [5, 5.41) is 3.05. The lowest BCUT2D eigenvalue weighted by Gasteiger charge is -2.10. The van der Waals surface area contributed by atoms with Crippen molar-refractivity contribution in [3.05, 3.63) is 42.4 Å². The van der Waals surface area contributed by atoms with Gasteiger partial charge in [0.05, 0.1) is 0 Å². The molecule has 13 heavy (non-hydrogen) atoms. The zero-order valence-electron chi connectivity index (χ0n) is 7.36. The molecule has 0 unspecified atom stereocenters. The molecule has 0 aliphatic carbocycles. The summed E-state index contributed by atoms with van der Waals surface area (Å²) >= 11 is 0. The van der Waals surface area contributed by atoms with Crippen molar-refractivity contribution in [2.45, 2.75) is 6.29 Å². The normalized spacial score (nSPS) is 15.2. The van der Waals surface area contributed by atoms with Gasteiger partial charge in [0.15, 0.2) is 0 Å². The van der Waals surface area contributed by atoms with E-state index in [-0.39, 0.29) is 6.29 Å². The highest BCUT2D eigenvalue weighted by molar-refractivity contribution is 5.44. The van der Waals surface area contributed by atoms with Crippen LogP contribution in [0.1, 0.15) is 11.9 Å². The highest BCUT2D eigenvalue weighted by Crippen LogP contribution is 2.24. The second kappa shape index (κ2) is 3.39. The molecule has 1 N–H and O–H groups in total. The topological polar surface area (TPSA) is 30.5 Å². The van der Waals surface area contributed by atoms with Gasteiger partial charge in [-0.25, -0.2) is 0 Å². The number of nitrogens with one attached hydrogen (secondary N) is 1. The van der Waals surface area contributed by atoms with E-state index >= 15 is 0 Å². The summed E-state index contributed by atoms with van der Waals surface area (Å²) in [6.45, 7) is 0. The Morgan fingerprint density at radius 3 is 2.23 bits per heavy atom. The lowest BCUT2D eigenvalue weighted by Crippen LogP contribution is -1.97. The molecule has 3 nitrogen and oxygen atoms in total. The first kappa shape index (κ1) is 7.98. The van der Waals surface area contributed by atoms with E-state index in [1.165, 1.54) is 0 Å². The Morgan fingerprint density at radius 2 is 1.69 bits per heavy atom. The van der Waals surface area contributed by atoms with Crippen molar-refractivity contribution in [3.8, 4) is 0 Å². The molecule has 0 amide bonds. The number of hydrogen-bond acceptors (Lipinski definition) is 3. The number of hydrogen-bond donors (Lipinski definition) is 1. The Kier molecular flexibility index (Phi) is 2.08. The van der Waals surface area contributed by atoms with Gasteiger partial charge in [0.2, 0.25) is 0 Å².